The van der Waals surface area contributed by atoms with Gasteiger partial charge >= 0.3 is 0 Å². The molecule has 6 nitrogen and oxygen atoms in total. The van der Waals surface area contributed by atoms with Crippen LogP contribution in [-0.2, 0) is 0 Å². The summed E-state index contributed by atoms with van der Waals surface area (Å²) >= 11 is 1.27. The third-order valence-corrected chi connectivity index (χ3v) is 4.87. The molecule has 2 heterocycles. The Kier molecular flexibility index (Phi) is 5.87. The van der Waals surface area contributed by atoms with E-state index in [1.54, 1.807) is 13.1 Å². The molecule has 0 bridgehead atoms. The minimum absolute atomic E-state index is 0.247. The fourth-order valence-electron chi connectivity index (χ4n) is 2.34. The van der Waals surface area contributed by atoms with E-state index in [4.69, 9.17) is 0 Å². The van der Waals surface area contributed by atoms with Gasteiger partial charge in [0.15, 0.2) is 0 Å². The number of rotatable bonds is 6. The molecule has 3 rings (SSSR count). The number of carbonyl (C=O) groups is 2. The van der Waals surface area contributed by atoms with Gasteiger partial charge in [0.25, 0.3) is 11.8 Å². The van der Waals surface area contributed by atoms with Crippen LogP contribution >= 0.6 is 11.3 Å². The third kappa shape index (κ3) is 4.73. The standard InChI is InChI=1S/C19H17FN4O2S/c1-12-16(27-19(24-12)15-4-2-3-9-21-15)18(26)23-11-10-22-17(25)13-5-7-14(20)8-6-13/h2-9H,10-11H2,1H3,(H,22,25)(H,23,26). The van der Waals surface area contributed by atoms with Crippen molar-refractivity contribution in [1.29, 1.82) is 0 Å². The first-order chi connectivity index (χ1) is 13.0. The summed E-state index contributed by atoms with van der Waals surface area (Å²) in [4.78, 5) is 33.4. The molecule has 0 radical (unpaired) electrons. The Morgan fingerprint density at radius 3 is 2.41 bits per heavy atom. The molecule has 2 N–H and O–H groups in total. The van der Waals surface area contributed by atoms with Crippen LogP contribution < -0.4 is 10.6 Å². The smallest absolute Gasteiger partial charge is 0.263 e. The number of hydrogen-bond acceptors (Lipinski definition) is 5. The summed E-state index contributed by atoms with van der Waals surface area (Å²) in [6.07, 6.45) is 1.68. The van der Waals surface area contributed by atoms with Crippen molar-refractivity contribution in [3.05, 3.63) is 70.6 Å². The number of benzene rings is 1. The van der Waals surface area contributed by atoms with Crippen molar-refractivity contribution in [2.75, 3.05) is 13.1 Å². The van der Waals surface area contributed by atoms with Crippen molar-refractivity contribution in [2.24, 2.45) is 0 Å². The predicted octanol–water partition coefficient (Wildman–Crippen LogP) is 2.81. The summed E-state index contributed by atoms with van der Waals surface area (Å²) in [5.41, 5.74) is 1.71. The Bertz CT molecular complexity index is 942. The maximum absolute atomic E-state index is 12.9. The first-order valence-corrected chi connectivity index (χ1v) is 9.07. The van der Waals surface area contributed by atoms with E-state index in [0.717, 1.165) is 5.69 Å². The lowest BCUT2D eigenvalue weighted by Crippen LogP contribution is -2.34. The van der Waals surface area contributed by atoms with Crippen LogP contribution in [0.25, 0.3) is 10.7 Å². The van der Waals surface area contributed by atoms with Gasteiger partial charge in [0.1, 0.15) is 15.7 Å². The number of halogens is 1. The van der Waals surface area contributed by atoms with E-state index in [0.29, 0.717) is 21.1 Å². The molecule has 0 aliphatic heterocycles. The number of thiazole rings is 1. The average Bonchev–Trinajstić information content (AvgIpc) is 3.08. The molecule has 0 aliphatic carbocycles. The van der Waals surface area contributed by atoms with Crippen molar-refractivity contribution in [3.8, 4) is 10.7 Å². The number of nitrogens with zero attached hydrogens (tertiary/aromatic N) is 2. The largest absolute Gasteiger partial charge is 0.350 e. The lowest BCUT2D eigenvalue weighted by molar-refractivity contribution is 0.0929. The number of amides is 2. The number of nitrogens with one attached hydrogen (secondary N) is 2. The van der Waals surface area contributed by atoms with Crippen molar-refractivity contribution in [2.45, 2.75) is 6.92 Å². The fraction of sp³-hybridized carbons (Fsp3) is 0.158. The molecule has 0 atom stereocenters. The highest BCUT2D eigenvalue weighted by molar-refractivity contribution is 7.17. The van der Waals surface area contributed by atoms with E-state index in [1.165, 1.54) is 35.6 Å². The van der Waals surface area contributed by atoms with E-state index >= 15 is 0 Å². The minimum Gasteiger partial charge on any atom is -0.350 e. The van der Waals surface area contributed by atoms with E-state index in [9.17, 15) is 14.0 Å². The zero-order valence-corrected chi connectivity index (χ0v) is 15.3. The van der Waals surface area contributed by atoms with Gasteiger partial charge in [-0.3, -0.25) is 14.6 Å². The average molecular weight is 384 g/mol. The van der Waals surface area contributed by atoms with Gasteiger partial charge in [-0.15, -0.1) is 11.3 Å². The van der Waals surface area contributed by atoms with Crippen LogP contribution in [0.4, 0.5) is 4.39 Å². The molecule has 1 aromatic carbocycles. The van der Waals surface area contributed by atoms with E-state index in [-0.39, 0.29) is 24.9 Å². The molecular formula is C19H17FN4O2S. The van der Waals surface area contributed by atoms with Gasteiger partial charge in [0.05, 0.1) is 11.4 Å². The fourth-order valence-corrected chi connectivity index (χ4v) is 3.30. The first kappa shape index (κ1) is 18.7. The van der Waals surface area contributed by atoms with Crippen molar-refractivity contribution in [1.82, 2.24) is 20.6 Å². The highest BCUT2D eigenvalue weighted by Crippen LogP contribution is 2.26. The molecule has 8 heteroatoms. The molecule has 0 spiro atoms. The van der Waals surface area contributed by atoms with Gasteiger partial charge in [0.2, 0.25) is 0 Å². The second-order valence-corrected chi connectivity index (χ2v) is 6.67. The zero-order valence-electron chi connectivity index (χ0n) is 14.5. The van der Waals surface area contributed by atoms with Crippen LogP contribution in [0.5, 0.6) is 0 Å². The summed E-state index contributed by atoms with van der Waals surface area (Å²) in [5, 5.41) is 6.11. The summed E-state index contributed by atoms with van der Waals surface area (Å²) in [6, 6.07) is 10.8. The molecule has 0 saturated heterocycles. The molecule has 0 unspecified atom stereocenters. The van der Waals surface area contributed by atoms with Crippen molar-refractivity contribution < 1.29 is 14.0 Å². The van der Waals surface area contributed by atoms with Crippen molar-refractivity contribution in [3.63, 3.8) is 0 Å². The quantitative estimate of drug-likeness (QED) is 0.640. The van der Waals surface area contributed by atoms with Crippen LogP contribution in [0.3, 0.4) is 0 Å². The molecule has 2 aromatic heterocycles. The predicted molar refractivity (Wildman–Crippen MR) is 101 cm³/mol. The van der Waals surface area contributed by atoms with Crippen LogP contribution in [-0.4, -0.2) is 34.9 Å². The number of hydrogen-bond donors (Lipinski definition) is 2. The SMILES string of the molecule is Cc1nc(-c2ccccn2)sc1C(=O)NCCNC(=O)c1ccc(F)cc1. The summed E-state index contributed by atoms with van der Waals surface area (Å²) in [5.74, 6) is -0.970. The molecule has 0 saturated carbocycles. The van der Waals surface area contributed by atoms with Gasteiger partial charge in [-0.25, -0.2) is 9.37 Å². The van der Waals surface area contributed by atoms with E-state index in [2.05, 4.69) is 20.6 Å². The van der Waals surface area contributed by atoms with Gasteiger partial charge in [0, 0.05) is 24.8 Å². The number of aromatic nitrogens is 2. The molecule has 138 valence electrons. The van der Waals surface area contributed by atoms with Gasteiger partial charge in [-0.2, -0.15) is 0 Å². The zero-order chi connectivity index (χ0) is 19.2. The third-order valence-electron chi connectivity index (χ3n) is 3.69. The summed E-state index contributed by atoms with van der Waals surface area (Å²) < 4.78 is 12.9. The monoisotopic (exact) mass is 384 g/mol. The second-order valence-electron chi connectivity index (χ2n) is 5.67. The molecule has 3 aromatic rings. The molecule has 27 heavy (non-hydrogen) atoms. The Morgan fingerprint density at radius 2 is 1.74 bits per heavy atom. The Balaban J connectivity index is 1.52. The normalized spacial score (nSPS) is 10.4. The van der Waals surface area contributed by atoms with Crippen LogP contribution in [0, 0.1) is 12.7 Å². The molecular weight excluding hydrogens is 367 g/mol. The van der Waals surface area contributed by atoms with Gasteiger partial charge in [-0.05, 0) is 43.3 Å². The summed E-state index contributed by atoms with van der Waals surface area (Å²) in [6.45, 7) is 2.29. The molecule has 2 amide bonds. The van der Waals surface area contributed by atoms with Gasteiger partial charge in [-0.1, -0.05) is 6.07 Å². The van der Waals surface area contributed by atoms with Crippen LogP contribution in [0.15, 0.2) is 48.7 Å². The lowest BCUT2D eigenvalue weighted by Gasteiger charge is -2.06. The van der Waals surface area contributed by atoms with Crippen LogP contribution in [0.2, 0.25) is 0 Å². The maximum Gasteiger partial charge on any atom is 0.263 e. The lowest BCUT2D eigenvalue weighted by atomic mass is 10.2. The number of aryl methyl sites for hydroxylation is 1. The highest BCUT2D eigenvalue weighted by Gasteiger charge is 2.16. The number of carbonyl (C=O) groups excluding carboxylic acids is 2. The minimum atomic E-state index is -0.399. The Hall–Kier alpha value is -3.13. The molecule has 0 fully saturated rings. The second kappa shape index (κ2) is 8.50. The maximum atomic E-state index is 12.9. The number of pyridine rings is 1. The highest BCUT2D eigenvalue weighted by atomic mass is 32.1. The molecule has 0 aliphatic rings. The van der Waals surface area contributed by atoms with Crippen LogP contribution in [0.1, 0.15) is 25.7 Å². The topological polar surface area (TPSA) is 84.0 Å². The summed E-state index contributed by atoms with van der Waals surface area (Å²) in [7, 11) is 0. The van der Waals surface area contributed by atoms with Gasteiger partial charge < -0.3 is 10.6 Å². The van der Waals surface area contributed by atoms with Crippen molar-refractivity contribution >= 4 is 23.2 Å². The van der Waals surface area contributed by atoms with E-state index in [1.807, 2.05) is 18.2 Å². The first-order valence-electron chi connectivity index (χ1n) is 8.25. The Morgan fingerprint density at radius 1 is 1.04 bits per heavy atom. The van der Waals surface area contributed by atoms with E-state index < -0.39 is 5.82 Å². The Labute approximate surface area is 159 Å².